The van der Waals surface area contributed by atoms with Gasteiger partial charge in [-0.05, 0) is 98.2 Å². The summed E-state index contributed by atoms with van der Waals surface area (Å²) in [6, 6.07) is 0. The minimum absolute atomic E-state index is 0.0434. The van der Waals surface area contributed by atoms with Gasteiger partial charge in [-0.3, -0.25) is 4.79 Å². The molecule has 0 aromatic rings. The summed E-state index contributed by atoms with van der Waals surface area (Å²) in [5.74, 6) is 0.706. The van der Waals surface area contributed by atoms with E-state index in [4.69, 9.17) is 42.6 Å². The third kappa shape index (κ3) is 8.54. The van der Waals surface area contributed by atoms with Crippen molar-refractivity contribution in [2.75, 3.05) is 33.0 Å². The lowest BCUT2D eigenvalue weighted by Gasteiger charge is -2.74. The first kappa shape index (κ1) is 57.1. The van der Waals surface area contributed by atoms with E-state index in [2.05, 4.69) is 41.5 Å². The number of fused-ring (bicyclic) bond motifs is 4. The largest absolute Gasteiger partial charge is 0.396 e. The van der Waals surface area contributed by atoms with Gasteiger partial charge >= 0.3 is 0 Å². The third-order valence-corrected chi connectivity index (χ3v) is 22.2. The van der Waals surface area contributed by atoms with E-state index in [1.165, 1.54) is 6.92 Å². The van der Waals surface area contributed by atoms with Crippen molar-refractivity contribution in [3.05, 3.63) is 0 Å². The quantitative estimate of drug-likeness (QED) is 0.105. The smallest absolute Gasteiger partial charge is 0.187 e. The van der Waals surface area contributed by atoms with Crippen molar-refractivity contribution >= 4 is 5.78 Å². The summed E-state index contributed by atoms with van der Waals surface area (Å²) in [4.78, 5) is 14.7. The van der Waals surface area contributed by atoms with Gasteiger partial charge in [0.1, 0.15) is 91.2 Å². The van der Waals surface area contributed by atoms with Crippen LogP contribution < -0.4 is 0 Å². The van der Waals surface area contributed by atoms with Crippen LogP contribution in [0.1, 0.15) is 113 Å². The van der Waals surface area contributed by atoms with Gasteiger partial charge in [-0.1, -0.05) is 41.5 Å². The maximum Gasteiger partial charge on any atom is 0.187 e. The zero-order valence-electron chi connectivity index (χ0n) is 44.3. The van der Waals surface area contributed by atoms with Crippen LogP contribution >= 0.6 is 0 Å². The van der Waals surface area contributed by atoms with Crippen LogP contribution in [0, 0.1) is 50.2 Å². The van der Waals surface area contributed by atoms with Crippen LogP contribution in [0.2, 0.25) is 0 Å². The fourth-order valence-electron chi connectivity index (χ4n) is 17.4. The molecule has 5 saturated carbocycles. The molecule has 12 N–H and O–H groups in total. The van der Waals surface area contributed by atoms with Crippen molar-refractivity contribution in [3.63, 3.8) is 0 Å². The second-order valence-corrected chi connectivity index (χ2v) is 26.2. The summed E-state index contributed by atoms with van der Waals surface area (Å²) < 4.78 is 56.2. The number of aliphatic hydroxyl groups is 12. The molecule has 22 heteroatoms. The molecule has 10 rings (SSSR count). The van der Waals surface area contributed by atoms with Crippen molar-refractivity contribution in [3.8, 4) is 0 Å². The number of hydrogen-bond donors (Lipinski definition) is 12. The molecule has 5 heterocycles. The number of carbonyl (C=O) groups is 1. The highest BCUT2D eigenvalue weighted by molar-refractivity contribution is 5.88. The van der Waals surface area contributed by atoms with Crippen molar-refractivity contribution in [1.82, 2.24) is 0 Å². The Labute approximate surface area is 437 Å². The predicted octanol–water partition coefficient (Wildman–Crippen LogP) is -1.50. The molecule has 29 atom stereocenters. The molecule has 22 nitrogen and oxygen atoms in total. The highest BCUT2D eigenvalue weighted by atomic mass is 16.8. The topological polar surface area (TPSA) is 343 Å². The Kier molecular flexibility index (Phi) is 15.3. The van der Waals surface area contributed by atoms with Crippen LogP contribution in [-0.4, -0.2) is 229 Å². The average Bonchev–Trinajstić information content (AvgIpc) is 3.66. The van der Waals surface area contributed by atoms with Crippen LogP contribution in [-0.2, 0) is 47.4 Å². The molecule has 10 fully saturated rings. The summed E-state index contributed by atoms with van der Waals surface area (Å²) in [6.45, 7) is 13.6. The van der Waals surface area contributed by atoms with Gasteiger partial charge in [0.25, 0.3) is 0 Å². The maximum absolute atomic E-state index is 14.7. The first-order valence-corrected chi connectivity index (χ1v) is 27.5. The van der Waals surface area contributed by atoms with Gasteiger partial charge in [0.05, 0.1) is 49.7 Å². The van der Waals surface area contributed by atoms with Gasteiger partial charge in [-0.25, -0.2) is 0 Å². The molecule has 0 unspecified atom stereocenters. The van der Waals surface area contributed by atoms with Gasteiger partial charge in [-0.15, -0.1) is 0 Å². The lowest BCUT2D eigenvalue weighted by molar-refractivity contribution is -0.394. The number of ether oxygens (including phenoxy) is 9. The molecule has 1 spiro atoms. The van der Waals surface area contributed by atoms with Crippen molar-refractivity contribution in [2.24, 2.45) is 50.2 Å². The molecule has 75 heavy (non-hydrogen) atoms. The van der Waals surface area contributed by atoms with Crippen LogP contribution in [0.5, 0.6) is 0 Å². The number of carbonyl (C=O) groups excluding carboxylic acids is 1. The van der Waals surface area contributed by atoms with E-state index < -0.39 is 164 Å². The SMILES string of the molecule is C[C@@H]1O[C@@H](O[C@H]2[C@H](O[C@H]3CO[C@@H](O[C@H]4CC[C@@]5(C)[C@H](CC[C@]6(C)[C@@H]5CC[C@]57OC[C@@]8(CC[C@](C)(CO)C[C@@H]85)C(=O)C[C@]76C)C4(C)C)[C@H](O[C@@H]4O[C@H](CO)[C@@H](O)[C@H](O)[C@H]4O)[C@H]3O)O[C@H](CO)[C@@H](O)[C@@H]2O)[C@H](O)[C@H](O)[C@H]1O. The van der Waals surface area contributed by atoms with E-state index in [1.807, 2.05) is 0 Å². The molecular formula is C53H86O22. The lowest BCUT2D eigenvalue weighted by atomic mass is 9.30. The van der Waals surface area contributed by atoms with Crippen LogP contribution in [0.3, 0.4) is 0 Å². The van der Waals surface area contributed by atoms with E-state index in [0.717, 1.165) is 51.4 Å². The molecule has 430 valence electrons. The normalized spacial score (nSPS) is 57.6. The number of rotatable bonds is 11. The number of ketones is 1. The minimum atomic E-state index is -1.89. The van der Waals surface area contributed by atoms with Crippen molar-refractivity contribution in [2.45, 2.75) is 241 Å². The van der Waals surface area contributed by atoms with E-state index in [0.29, 0.717) is 25.2 Å². The van der Waals surface area contributed by atoms with E-state index >= 15 is 0 Å². The molecule has 0 aromatic heterocycles. The molecule has 0 radical (unpaired) electrons. The molecular weight excluding hydrogens is 989 g/mol. The first-order valence-electron chi connectivity index (χ1n) is 27.5. The van der Waals surface area contributed by atoms with Crippen molar-refractivity contribution in [1.29, 1.82) is 0 Å². The Balaban J connectivity index is 0.902. The van der Waals surface area contributed by atoms with Crippen LogP contribution in [0.25, 0.3) is 0 Å². The summed E-state index contributed by atoms with van der Waals surface area (Å²) in [7, 11) is 0. The first-order chi connectivity index (χ1) is 35.2. The monoisotopic (exact) mass is 1070 g/mol. The summed E-state index contributed by atoms with van der Waals surface area (Å²) in [6.07, 6.45) is -24.1. The summed E-state index contributed by atoms with van der Waals surface area (Å²) >= 11 is 0. The van der Waals surface area contributed by atoms with Crippen LogP contribution in [0.4, 0.5) is 0 Å². The number of aliphatic hydroxyl groups excluding tert-OH is 12. The summed E-state index contributed by atoms with van der Waals surface area (Å²) in [5, 5.41) is 130. The second kappa shape index (κ2) is 20.1. The zero-order valence-corrected chi connectivity index (χ0v) is 44.3. The highest BCUT2D eigenvalue weighted by Gasteiger charge is 2.80. The molecule has 5 aliphatic carbocycles. The second-order valence-electron chi connectivity index (χ2n) is 26.2. The van der Waals surface area contributed by atoms with Gasteiger partial charge < -0.3 is 104 Å². The zero-order chi connectivity index (χ0) is 54.3. The number of Topliss-reactive ketones (excluding diaryl/α,β-unsaturated/α-hetero) is 1. The van der Waals surface area contributed by atoms with Crippen LogP contribution in [0.15, 0.2) is 0 Å². The highest BCUT2D eigenvalue weighted by Crippen LogP contribution is 2.80. The maximum atomic E-state index is 14.7. The van der Waals surface area contributed by atoms with E-state index in [1.54, 1.807) is 0 Å². The Morgan fingerprint density at radius 2 is 1.17 bits per heavy atom. The molecule has 0 aromatic carbocycles. The van der Waals surface area contributed by atoms with E-state index in [9.17, 15) is 66.1 Å². The standard InChI is InChI=1S/C53H86O22/c1-23-32(58)36(62)39(65)43(69-23)75-42-38(64)34(60)25(19-55)71-46(42)72-26-20-67-45(41(35(26)61)74-44-40(66)37(63)33(59)24(18-54)70-44)73-31-10-11-49(5)27(47(31,2)3)8-12-50(6)28(49)9-13-53-29-16-48(4,21-56)14-15-52(29,22-68-53)30(57)17-51(50,53)7/h23-29,31-46,54-56,58-66H,8-22H2,1-7H3/t23-,24+,25+,26-,27+,28+,29-,31-,32-,33+,34+,35-,36+,37-,38-,39+,40+,41+,42+,43-,44-,45-,46-,48-,49-,50+,51-,52+,53-/m0/s1. The molecule has 0 amide bonds. The predicted molar refractivity (Wildman–Crippen MR) is 255 cm³/mol. The molecule has 5 saturated heterocycles. The van der Waals surface area contributed by atoms with E-state index in [-0.39, 0.29) is 40.6 Å². The third-order valence-electron chi connectivity index (χ3n) is 22.2. The molecule has 2 bridgehead atoms. The fraction of sp³-hybridized carbons (Fsp3) is 0.981. The number of hydrogen-bond acceptors (Lipinski definition) is 22. The minimum Gasteiger partial charge on any atom is -0.396 e. The van der Waals surface area contributed by atoms with Gasteiger partial charge in [0, 0.05) is 24.4 Å². The molecule has 5 aliphatic heterocycles. The Morgan fingerprint density at radius 3 is 1.83 bits per heavy atom. The summed E-state index contributed by atoms with van der Waals surface area (Å²) in [5.41, 5.74) is -2.66. The van der Waals surface area contributed by atoms with Gasteiger partial charge in [0.15, 0.2) is 25.2 Å². The lowest BCUT2D eigenvalue weighted by Crippen LogP contribution is -2.73. The average molecular weight is 1080 g/mol. The van der Waals surface area contributed by atoms with Crippen molar-refractivity contribution < 1.29 is 109 Å². The fourth-order valence-corrected chi connectivity index (χ4v) is 17.4. The molecule has 10 aliphatic rings. The Morgan fingerprint density at radius 1 is 0.573 bits per heavy atom. The van der Waals surface area contributed by atoms with Gasteiger partial charge in [-0.2, -0.15) is 0 Å². The Hall–Kier alpha value is -1.17. The Bertz CT molecular complexity index is 2070. The van der Waals surface area contributed by atoms with Gasteiger partial charge in [0.2, 0.25) is 0 Å².